The molecule has 0 bridgehead atoms. The number of pyridine rings is 1. The fourth-order valence-corrected chi connectivity index (χ4v) is 6.64. The molecule has 0 saturated carbocycles. The highest BCUT2D eigenvalue weighted by atomic mass is 35.5. The molecule has 5 heterocycles. The molecule has 2 fully saturated rings. The van der Waals surface area contributed by atoms with Gasteiger partial charge in [0.2, 0.25) is 11.9 Å². The lowest BCUT2D eigenvalue weighted by Gasteiger charge is -2.44. The van der Waals surface area contributed by atoms with Gasteiger partial charge in [0.25, 0.3) is 0 Å². The number of rotatable bonds is 7. The fourth-order valence-electron chi connectivity index (χ4n) is 6.38. The summed E-state index contributed by atoms with van der Waals surface area (Å²) in [6, 6.07) is 7.63. The van der Waals surface area contributed by atoms with E-state index in [1.165, 1.54) is 16.7 Å². The minimum Gasteiger partial charge on any atom is -0.349 e. The summed E-state index contributed by atoms with van der Waals surface area (Å²) in [5.41, 5.74) is 2.07. The molecule has 246 valence electrons. The van der Waals surface area contributed by atoms with Gasteiger partial charge in [-0.15, -0.1) is 0 Å². The Morgan fingerprint density at radius 3 is 2.23 bits per heavy atom. The number of fused-ring (bicyclic) bond motifs is 1. The van der Waals surface area contributed by atoms with Crippen molar-refractivity contribution >= 4 is 40.3 Å². The third-order valence-corrected chi connectivity index (χ3v) is 9.32. The van der Waals surface area contributed by atoms with Crippen molar-refractivity contribution in [3.8, 4) is 16.9 Å². The van der Waals surface area contributed by atoms with Crippen LogP contribution in [0, 0.1) is 5.82 Å². The van der Waals surface area contributed by atoms with Gasteiger partial charge in [0.1, 0.15) is 11.6 Å². The minimum absolute atomic E-state index is 0.0677. The van der Waals surface area contributed by atoms with Gasteiger partial charge in [0.05, 0.1) is 33.2 Å². The predicted octanol–water partition coefficient (Wildman–Crippen LogP) is 6.10. The van der Waals surface area contributed by atoms with Crippen LogP contribution in [0.4, 0.5) is 16.2 Å². The minimum atomic E-state index is -0.560. The maximum Gasteiger partial charge on any atom is 0.355 e. The van der Waals surface area contributed by atoms with Crippen LogP contribution >= 0.6 is 11.6 Å². The van der Waals surface area contributed by atoms with E-state index in [0.717, 1.165) is 19.5 Å². The average Bonchev–Trinajstić information content (AvgIpc) is 3.00. The maximum absolute atomic E-state index is 15.2. The van der Waals surface area contributed by atoms with Gasteiger partial charge in [-0.1, -0.05) is 58.0 Å². The van der Waals surface area contributed by atoms with E-state index in [2.05, 4.69) is 11.5 Å². The lowest BCUT2D eigenvalue weighted by Crippen LogP contribution is -2.58. The van der Waals surface area contributed by atoms with Gasteiger partial charge in [-0.3, -0.25) is 4.79 Å². The van der Waals surface area contributed by atoms with Crippen molar-refractivity contribution in [2.24, 2.45) is 0 Å². The van der Waals surface area contributed by atoms with Gasteiger partial charge in [0, 0.05) is 43.8 Å². The Hall–Kier alpha value is -4.38. The molecule has 0 N–H and O–H groups in total. The number of halogens is 2. The Morgan fingerprint density at radius 1 is 1.00 bits per heavy atom. The molecule has 0 aliphatic carbocycles. The SMILES string of the molecule is C=CC(=O)N1CC(C)N(c2nc(=O)n(-c3c(C(C)C)nc(N4CCC4)nc3C(C)C)c3nc(-c4ccccc4F)c(Cl)cc23)CC1C. The van der Waals surface area contributed by atoms with Crippen molar-refractivity contribution in [2.75, 3.05) is 36.0 Å². The van der Waals surface area contributed by atoms with Crippen molar-refractivity contribution < 1.29 is 9.18 Å². The van der Waals surface area contributed by atoms with E-state index in [1.54, 1.807) is 29.2 Å². The molecule has 2 aliphatic heterocycles. The fraction of sp³-hybridized carbons (Fsp3) is 0.429. The summed E-state index contributed by atoms with van der Waals surface area (Å²) in [5, 5.41) is 0.739. The summed E-state index contributed by atoms with van der Waals surface area (Å²) in [7, 11) is 0. The molecule has 2 atom stereocenters. The average molecular weight is 659 g/mol. The first-order valence-electron chi connectivity index (χ1n) is 16.2. The Morgan fingerprint density at radius 2 is 1.66 bits per heavy atom. The molecule has 2 unspecified atom stereocenters. The topological polar surface area (TPSA) is 100 Å². The zero-order valence-corrected chi connectivity index (χ0v) is 28.4. The Kier molecular flexibility index (Phi) is 8.78. The van der Waals surface area contributed by atoms with Gasteiger partial charge in [-0.25, -0.2) is 28.7 Å². The number of piperazine rings is 1. The van der Waals surface area contributed by atoms with Gasteiger partial charge < -0.3 is 14.7 Å². The van der Waals surface area contributed by atoms with Gasteiger partial charge in [-0.05, 0) is 56.4 Å². The van der Waals surface area contributed by atoms with Crippen molar-refractivity contribution in [1.82, 2.24) is 29.4 Å². The highest BCUT2D eigenvalue weighted by molar-refractivity contribution is 6.33. The van der Waals surface area contributed by atoms with Gasteiger partial charge in [-0.2, -0.15) is 4.98 Å². The lowest BCUT2D eigenvalue weighted by atomic mass is 10.0. The van der Waals surface area contributed by atoms with Crippen LogP contribution in [0.15, 0.2) is 47.8 Å². The van der Waals surface area contributed by atoms with Crippen LogP contribution in [0.3, 0.4) is 0 Å². The maximum atomic E-state index is 15.2. The van der Waals surface area contributed by atoms with Crippen molar-refractivity contribution in [1.29, 1.82) is 0 Å². The van der Waals surface area contributed by atoms with Crippen LogP contribution < -0.4 is 15.5 Å². The number of carbonyl (C=O) groups excluding carboxylic acids is 1. The number of nitrogens with zero attached hydrogens (tertiary/aromatic N) is 8. The molecule has 1 aromatic carbocycles. The molecule has 47 heavy (non-hydrogen) atoms. The zero-order chi connectivity index (χ0) is 33.7. The highest BCUT2D eigenvalue weighted by Gasteiger charge is 2.35. The first kappa shape index (κ1) is 32.6. The summed E-state index contributed by atoms with van der Waals surface area (Å²) in [6.45, 7) is 18.3. The highest BCUT2D eigenvalue weighted by Crippen LogP contribution is 2.38. The van der Waals surface area contributed by atoms with Gasteiger partial charge in [0.15, 0.2) is 5.65 Å². The molecule has 0 spiro atoms. The summed E-state index contributed by atoms with van der Waals surface area (Å²) in [4.78, 5) is 52.6. The van der Waals surface area contributed by atoms with Crippen LogP contribution in [0.25, 0.3) is 28.0 Å². The second-order valence-electron chi connectivity index (χ2n) is 13.1. The van der Waals surface area contributed by atoms with Crippen LogP contribution in [0.1, 0.15) is 71.2 Å². The van der Waals surface area contributed by atoms with E-state index in [1.807, 2.05) is 46.4 Å². The molecule has 2 aliphatic rings. The van der Waals surface area contributed by atoms with Crippen LogP contribution in [-0.4, -0.2) is 73.6 Å². The van der Waals surface area contributed by atoms with Crippen LogP contribution in [-0.2, 0) is 4.79 Å². The standard InChI is InChI=1S/C35H40ClFN8O2/c1-8-27(46)43-17-22(7)44(18-21(43)6)32-24-16-25(36)30(23-12-9-10-13-26(23)37)38-33(24)45(35(47)41-32)31-28(19(2)3)39-34(42-14-11-15-42)40-29(31)20(4)5/h8-10,12-13,16,19-22H,1,11,14-15,17-18H2,2-7H3. The van der Waals surface area contributed by atoms with Gasteiger partial charge >= 0.3 is 5.69 Å². The van der Waals surface area contributed by atoms with Crippen molar-refractivity contribution in [3.63, 3.8) is 0 Å². The first-order chi connectivity index (χ1) is 22.4. The second kappa shape index (κ2) is 12.7. The molecule has 1 amide bonds. The molecular formula is C35H40ClFN8O2. The monoisotopic (exact) mass is 658 g/mol. The van der Waals surface area contributed by atoms with E-state index in [4.69, 9.17) is 31.5 Å². The van der Waals surface area contributed by atoms with Crippen molar-refractivity contribution in [2.45, 2.75) is 71.9 Å². The predicted molar refractivity (Wildman–Crippen MR) is 184 cm³/mol. The van der Waals surface area contributed by atoms with Crippen LogP contribution in [0.5, 0.6) is 0 Å². The van der Waals surface area contributed by atoms with E-state index in [-0.39, 0.29) is 51.8 Å². The number of carbonyl (C=O) groups is 1. The number of anilines is 2. The molecule has 12 heteroatoms. The van der Waals surface area contributed by atoms with Crippen molar-refractivity contribution in [3.05, 3.63) is 75.7 Å². The largest absolute Gasteiger partial charge is 0.355 e. The third kappa shape index (κ3) is 5.75. The third-order valence-electron chi connectivity index (χ3n) is 9.03. The molecule has 2 saturated heterocycles. The molecule has 3 aromatic heterocycles. The molecule has 0 radical (unpaired) electrons. The summed E-state index contributed by atoms with van der Waals surface area (Å²) >= 11 is 6.89. The Labute approximate surface area is 278 Å². The smallest absolute Gasteiger partial charge is 0.349 e. The van der Waals surface area contributed by atoms with E-state index in [9.17, 15) is 9.59 Å². The van der Waals surface area contributed by atoms with E-state index in [0.29, 0.717) is 47.3 Å². The first-order valence-corrected chi connectivity index (χ1v) is 16.5. The quantitative estimate of drug-likeness (QED) is 0.220. The number of hydrogen-bond acceptors (Lipinski definition) is 8. The van der Waals surface area contributed by atoms with E-state index >= 15 is 4.39 Å². The molecule has 10 nitrogen and oxygen atoms in total. The number of benzene rings is 1. The molecule has 4 aromatic rings. The summed E-state index contributed by atoms with van der Waals surface area (Å²) < 4.78 is 16.7. The van der Waals surface area contributed by atoms with Crippen LogP contribution in [0.2, 0.25) is 5.02 Å². The molecular weight excluding hydrogens is 619 g/mol. The number of hydrogen-bond donors (Lipinski definition) is 0. The second-order valence-corrected chi connectivity index (χ2v) is 13.5. The number of amides is 1. The lowest BCUT2D eigenvalue weighted by molar-refractivity contribution is -0.128. The Bertz CT molecular complexity index is 1910. The number of aromatic nitrogens is 5. The molecule has 6 rings (SSSR count). The summed E-state index contributed by atoms with van der Waals surface area (Å²) in [5.74, 6) is 0.273. The van der Waals surface area contributed by atoms with E-state index < -0.39 is 11.5 Å². The summed E-state index contributed by atoms with van der Waals surface area (Å²) in [6.07, 6.45) is 2.39. The zero-order valence-electron chi connectivity index (χ0n) is 27.7. The Balaban J connectivity index is 1.67. The normalized spacial score (nSPS) is 18.3.